The molecule has 0 aromatic heterocycles. The van der Waals surface area contributed by atoms with Crippen LogP contribution in [-0.2, 0) is 14.4 Å². The third-order valence-corrected chi connectivity index (χ3v) is 7.45. The highest BCUT2D eigenvalue weighted by Gasteiger charge is 2.41. The first kappa shape index (κ1) is 24.4. The van der Waals surface area contributed by atoms with Crippen LogP contribution < -0.4 is 10.6 Å². The molecule has 3 amide bonds. The van der Waals surface area contributed by atoms with Crippen molar-refractivity contribution in [2.24, 2.45) is 9.98 Å². The highest BCUT2D eigenvalue weighted by molar-refractivity contribution is 8.14. The van der Waals surface area contributed by atoms with E-state index in [4.69, 9.17) is 4.99 Å². The number of nitrogens with one attached hydrogen (secondary N) is 2. The fraction of sp³-hybridized carbons (Fsp3) is 0.560. The molecule has 1 aromatic rings. The van der Waals surface area contributed by atoms with Gasteiger partial charge in [0.25, 0.3) is 5.91 Å². The van der Waals surface area contributed by atoms with Gasteiger partial charge in [-0.2, -0.15) is 0 Å². The summed E-state index contributed by atoms with van der Waals surface area (Å²) in [6.45, 7) is 3.97. The zero-order valence-electron chi connectivity index (χ0n) is 19.9. The van der Waals surface area contributed by atoms with Gasteiger partial charge in [0.2, 0.25) is 11.8 Å². The molecule has 8 nitrogen and oxygen atoms in total. The van der Waals surface area contributed by atoms with Crippen LogP contribution in [0.15, 0.2) is 34.3 Å². The van der Waals surface area contributed by atoms with Gasteiger partial charge in [-0.25, -0.2) is 9.89 Å². The summed E-state index contributed by atoms with van der Waals surface area (Å²) in [6.07, 6.45) is 7.07. The number of amidine groups is 2. The summed E-state index contributed by atoms with van der Waals surface area (Å²) in [6, 6.07) is 7.27. The molecule has 2 N–H and O–H groups in total. The molecule has 182 valence electrons. The number of fused-ring (bicyclic) bond motifs is 3. The van der Waals surface area contributed by atoms with E-state index in [1.165, 1.54) is 23.1 Å². The van der Waals surface area contributed by atoms with E-state index in [0.717, 1.165) is 43.4 Å². The standard InChI is InChI=1S/C25H33N5O3S/c1-3-16(2)26-22(32)15-34-25-29-19-12-8-7-11-18(19)23-28-20(24(33)30(23)25)13-14-21(31)27-17-9-5-4-6-10-17/h7-8,11-12,16-17,20H,3-6,9-10,13-15H2,1-2H3,(H,26,32)(H,27,31)/t16-,20-/m1/s1. The Morgan fingerprint density at radius 3 is 2.71 bits per heavy atom. The summed E-state index contributed by atoms with van der Waals surface area (Å²) < 4.78 is 0. The molecule has 3 aliphatic rings. The molecule has 0 spiro atoms. The van der Waals surface area contributed by atoms with Gasteiger partial charge in [-0.15, -0.1) is 0 Å². The smallest absolute Gasteiger partial charge is 0.259 e. The summed E-state index contributed by atoms with van der Waals surface area (Å²) in [5, 5.41) is 6.51. The van der Waals surface area contributed by atoms with E-state index >= 15 is 0 Å². The highest BCUT2D eigenvalue weighted by atomic mass is 32.2. The minimum atomic E-state index is -0.627. The van der Waals surface area contributed by atoms with Gasteiger partial charge >= 0.3 is 0 Å². The van der Waals surface area contributed by atoms with Crippen molar-refractivity contribution >= 4 is 46.2 Å². The summed E-state index contributed by atoms with van der Waals surface area (Å²) in [4.78, 5) is 49.0. The zero-order chi connectivity index (χ0) is 24.1. The number of carbonyl (C=O) groups is 3. The molecule has 1 aliphatic carbocycles. The van der Waals surface area contributed by atoms with Crippen LogP contribution in [0.2, 0.25) is 0 Å². The molecule has 2 atom stereocenters. The van der Waals surface area contributed by atoms with Gasteiger partial charge in [0, 0.05) is 24.1 Å². The summed E-state index contributed by atoms with van der Waals surface area (Å²) >= 11 is 1.23. The first-order chi connectivity index (χ1) is 16.5. The molecule has 2 aliphatic heterocycles. The Labute approximate surface area is 205 Å². The molecule has 0 saturated heterocycles. The van der Waals surface area contributed by atoms with E-state index in [1.807, 2.05) is 38.1 Å². The molecule has 0 unspecified atom stereocenters. The Balaban J connectivity index is 1.43. The van der Waals surface area contributed by atoms with Crippen molar-refractivity contribution in [2.45, 2.75) is 83.3 Å². The van der Waals surface area contributed by atoms with Crippen molar-refractivity contribution in [2.75, 3.05) is 5.75 Å². The third kappa shape index (κ3) is 5.68. The summed E-state index contributed by atoms with van der Waals surface area (Å²) in [5.74, 6) is 0.412. The maximum atomic E-state index is 13.3. The van der Waals surface area contributed by atoms with Crippen LogP contribution in [0.3, 0.4) is 0 Å². The van der Waals surface area contributed by atoms with E-state index in [2.05, 4.69) is 15.6 Å². The van der Waals surface area contributed by atoms with E-state index in [0.29, 0.717) is 17.4 Å². The Hall–Kier alpha value is -2.68. The molecule has 2 heterocycles. The maximum Gasteiger partial charge on any atom is 0.259 e. The second-order valence-corrected chi connectivity index (χ2v) is 10.1. The third-order valence-electron chi connectivity index (χ3n) is 6.51. The summed E-state index contributed by atoms with van der Waals surface area (Å²) in [7, 11) is 0. The normalized spacial score (nSPS) is 20.7. The number of thioether (sulfide) groups is 1. The molecule has 0 bridgehead atoms. The Kier molecular flexibility index (Phi) is 8.03. The molecule has 0 radical (unpaired) electrons. The molecular formula is C25H33N5O3S. The number of hydrogen-bond acceptors (Lipinski definition) is 6. The lowest BCUT2D eigenvalue weighted by molar-refractivity contribution is -0.125. The van der Waals surface area contributed by atoms with Gasteiger partial charge in [0.15, 0.2) is 5.17 Å². The molecular weight excluding hydrogens is 450 g/mol. The van der Waals surface area contributed by atoms with Gasteiger partial charge in [-0.1, -0.05) is 50.1 Å². The van der Waals surface area contributed by atoms with Crippen molar-refractivity contribution in [1.82, 2.24) is 15.5 Å². The fourth-order valence-electron chi connectivity index (χ4n) is 4.45. The van der Waals surface area contributed by atoms with Crippen molar-refractivity contribution in [3.05, 3.63) is 29.8 Å². The molecule has 34 heavy (non-hydrogen) atoms. The van der Waals surface area contributed by atoms with Crippen molar-refractivity contribution in [3.63, 3.8) is 0 Å². The quantitative estimate of drug-likeness (QED) is 0.590. The van der Waals surface area contributed by atoms with Crippen LogP contribution in [0.4, 0.5) is 5.69 Å². The van der Waals surface area contributed by atoms with Gasteiger partial charge in [0.1, 0.15) is 11.9 Å². The number of rotatable bonds is 8. The van der Waals surface area contributed by atoms with Crippen LogP contribution in [-0.4, -0.2) is 57.5 Å². The van der Waals surface area contributed by atoms with E-state index in [-0.39, 0.29) is 42.0 Å². The largest absolute Gasteiger partial charge is 0.353 e. The Morgan fingerprint density at radius 1 is 1.18 bits per heavy atom. The highest BCUT2D eigenvalue weighted by Crippen LogP contribution is 2.34. The van der Waals surface area contributed by atoms with E-state index in [1.54, 1.807) is 0 Å². The number of para-hydroxylation sites is 1. The molecule has 4 rings (SSSR count). The Bertz CT molecular complexity index is 1000. The number of aliphatic imine (C=N–C) groups is 2. The fourth-order valence-corrected chi connectivity index (χ4v) is 5.26. The number of hydrogen-bond donors (Lipinski definition) is 2. The van der Waals surface area contributed by atoms with Gasteiger partial charge < -0.3 is 10.6 Å². The number of carbonyl (C=O) groups excluding carboxylic acids is 3. The monoisotopic (exact) mass is 483 g/mol. The molecule has 1 fully saturated rings. The van der Waals surface area contributed by atoms with Crippen molar-refractivity contribution < 1.29 is 14.4 Å². The van der Waals surface area contributed by atoms with Crippen LogP contribution in [0.1, 0.15) is 70.8 Å². The SMILES string of the molecule is CC[C@@H](C)NC(=O)CSC1=Nc2ccccc2C2=N[C@H](CCC(=O)NC3CCCCC3)C(=O)N12. The minimum absolute atomic E-state index is 0.0184. The van der Waals surface area contributed by atoms with Gasteiger partial charge in [-0.05, 0) is 44.7 Å². The number of nitrogens with zero attached hydrogens (tertiary/aromatic N) is 3. The zero-order valence-corrected chi connectivity index (χ0v) is 20.7. The first-order valence-corrected chi connectivity index (χ1v) is 13.3. The minimum Gasteiger partial charge on any atom is -0.353 e. The predicted octanol–water partition coefficient (Wildman–Crippen LogP) is 3.52. The van der Waals surface area contributed by atoms with Crippen LogP contribution in [0.25, 0.3) is 0 Å². The topological polar surface area (TPSA) is 103 Å². The molecule has 1 saturated carbocycles. The average molecular weight is 484 g/mol. The van der Waals surface area contributed by atoms with Gasteiger partial charge in [-0.3, -0.25) is 19.4 Å². The predicted molar refractivity (Wildman–Crippen MR) is 135 cm³/mol. The van der Waals surface area contributed by atoms with Crippen LogP contribution >= 0.6 is 11.8 Å². The number of benzene rings is 1. The number of amides is 3. The first-order valence-electron chi connectivity index (χ1n) is 12.3. The molecule has 1 aromatic carbocycles. The van der Waals surface area contributed by atoms with Crippen molar-refractivity contribution in [3.8, 4) is 0 Å². The van der Waals surface area contributed by atoms with Crippen molar-refractivity contribution in [1.29, 1.82) is 0 Å². The second-order valence-electron chi connectivity index (χ2n) is 9.16. The Morgan fingerprint density at radius 2 is 1.94 bits per heavy atom. The second kappa shape index (κ2) is 11.2. The summed E-state index contributed by atoms with van der Waals surface area (Å²) in [5.41, 5.74) is 1.52. The average Bonchev–Trinajstić information content (AvgIpc) is 3.18. The van der Waals surface area contributed by atoms with E-state index in [9.17, 15) is 14.4 Å². The van der Waals surface area contributed by atoms with Crippen LogP contribution in [0, 0.1) is 0 Å². The lowest BCUT2D eigenvalue weighted by Gasteiger charge is -2.25. The lowest BCUT2D eigenvalue weighted by atomic mass is 9.95. The molecule has 9 heteroatoms. The lowest BCUT2D eigenvalue weighted by Crippen LogP contribution is -2.42. The van der Waals surface area contributed by atoms with E-state index < -0.39 is 6.04 Å². The maximum absolute atomic E-state index is 13.3. The van der Waals surface area contributed by atoms with Gasteiger partial charge in [0.05, 0.1) is 11.4 Å². The van der Waals surface area contributed by atoms with Crippen LogP contribution in [0.5, 0.6) is 0 Å².